The maximum atomic E-state index is 13.0. The standard InChI is InChI=1S/C26H32N4O2.C24H30N4O2.C24H29N3O2.C23H27FN4O2/c1-3-8-22-16-23(9-4-2)26(32)24(17-22)18-27-28-25(31)20-30-14-12-29(13-15-30)19-21-10-6-5-7-11-21;1-3-8-21-11-7-12-22(24(21)30)17-25-26(2)23(29)19-28-15-13-27(14-16-28)18-20-9-5-4-6-10-20;1-2-7-21-10-6-11-22(24(21)29)17-25-26-23(28)18-27-14-12-20(13-15-27)16-19-8-4-3-5-9-19;1-2-4-19-5-3-6-20(23(19)30)15-25-26-22(29)17-28-13-11-27(12-14-28)16-18-7-9-21(24)10-8-18/h3-7,10-11,16-18,32H,1-2,8-9,12-15,19-20H2,(H,28,31);3-7,9-12,17,30H,1,8,13-16,18-19H2,2H3;2-6,8-11,17,20,29H,1,7,12-16,18H2,(H,26,28);2-3,5-10,15,30H,1,4,11-14,16-17H2,(H,26,29)/b27-18+;2*25-17+;25-15+. The Hall–Kier alpha value is -12.1. The number of hydrogen-bond donors (Lipinski definition) is 7. The number of carbonyl (C=O) groups excluding carboxylic acids is 4. The van der Waals surface area contributed by atoms with E-state index in [0.717, 1.165) is 164 Å². The number of benzene rings is 8. The van der Waals surface area contributed by atoms with Gasteiger partial charge in [-0.05, 0) is 157 Å². The molecule has 23 nitrogen and oxygen atoms in total. The minimum absolute atomic E-state index is 0.0653. The third kappa shape index (κ3) is 32.2. The van der Waals surface area contributed by atoms with Gasteiger partial charge in [-0.2, -0.15) is 20.4 Å². The van der Waals surface area contributed by atoms with E-state index >= 15 is 0 Å². The molecule has 121 heavy (non-hydrogen) atoms. The molecule has 0 atom stereocenters. The first-order valence-electron chi connectivity index (χ1n) is 41.4. The molecule has 636 valence electrons. The number of piperidine rings is 1. The number of carbonyl (C=O) groups is 4. The van der Waals surface area contributed by atoms with Gasteiger partial charge in [0.25, 0.3) is 23.6 Å². The number of phenolic OH excluding ortho intramolecular Hbond substituents is 4. The molecule has 0 saturated carbocycles. The van der Waals surface area contributed by atoms with Crippen molar-refractivity contribution in [3.05, 3.63) is 323 Å². The zero-order valence-corrected chi connectivity index (χ0v) is 69.8. The molecule has 4 aliphatic rings. The van der Waals surface area contributed by atoms with E-state index < -0.39 is 0 Å². The molecule has 4 aliphatic heterocycles. The van der Waals surface area contributed by atoms with Crippen molar-refractivity contribution in [1.29, 1.82) is 0 Å². The van der Waals surface area contributed by atoms with Crippen LogP contribution in [0.3, 0.4) is 0 Å². The molecular weight excluding hydrogens is 1520 g/mol. The first kappa shape index (κ1) is 92.7. The summed E-state index contributed by atoms with van der Waals surface area (Å²) in [6.45, 7) is 34.8. The first-order chi connectivity index (χ1) is 58.8. The monoisotopic (exact) mass is 1640 g/mol. The van der Waals surface area contributed by atoms with Crippen LogP contribution in [0, 0.1) is 11.7 Å². The number of allylic oxidation sites excluding steroid dienone is 5. The number of aromatic hydroxyl groups is 4. The van der Waals surface area contributed by atoms with Crippen molar-refractivity contribution in [1.82, 2.24) is 55.6 Å². The van der Waals surface area contributed by atoms with E-state index in [9.17, 15) is 44.0 Å². The lowest BCUT2D eigenvalue weighted by atomic mass is 9.90. The van der Waals surface area contributed by atoms with Crippen molar-refractivity contribution in [3.8, 4) is 23.0 Å². The van der Waals surface area contributed by atoms with E-state index in [-0.39, 0.29) is 59.0 Å². The molecule has 0 radical (unpaired) electrons. The van der Waals surface area contributed by atoms with Gasteiger partial charge in [-0.15, -0.1) is 32.9 Å². The first-order valence-corrected chi connectivity index (χ1v) is 41.4. The third-order valence-corrected chi connectivity index (χ3v) is 21.2. The lowest BCUT2D eigenvalue weighted by molar-refractivity contribution is -0.131. The molecule has 0 spiro atoms. The molecule has 0 aromatic heterocycles. The zero-order valence-electron chi connectivity index (χ0n) is 69.8. The number of hydrogen-bond acceptors (Lipinski definition) is 19. The number of phenols is 4. The van der Waals surface area contributed by atoms with Gasteiger partial charge >= 0.3 is 0 Å². The van der Waals surface area contributed by atoms with Gasteiger partial charge in [-0.1, -0.05) is 176 Å². The van der Waals surface area contributed by atoms with Gasteiger partial charge in [-0.3, -0.25) is 53.5 Å². The predicted molar refractivity (Wildman–Crippen MR) is 483 cm³/mol. The molecule has 8 aromatic carbocycles. The molecule has 0 unspecified atom stereocenters. The fourth-order valence-corrected chi connectivity index (χ4v) is 14.5. The average Bonchev–Trinajstić information content (AvgIpc) is 0.795. The van der Waals surface area contributed by atoms with Gasteiger partial charge in [0, 0.05) is 127 Å². The smallest absolute Gasteiger partial charge is 0.256 e. The van der Waals surface area contributed by atoms with Crippen molar-refractivity contribution in [2.75, 3.05) is 125 Å². The second kappa shape index (κ2) is 50.7. The van der Waals surface area contributed by atoms with Crippen LogP contribution in [0.2, 0.25) is 0 Å². The van der Waals surface area contributed by atoms with Crippen LogP contribution in [0.5, 0.6) is 23.0 Å². The van der Waals surface area contributed by atoms with Crippen molar-refractivity contribution in [3.63, 3.8) is 0 Å². The number of amides is 4. The second-order valence-corrected chi connectivity index (χ2v) is 30.4. The van der Waals surface area contributed by atoms with Crippen LogP contribution in [0.4, 0.5) is 4.39 Å². The molecule has 4 amide bonds. The van der Waals surface area contributed by atoms with Crippen LogP contribution in [0.15, 0.2) is 266 Å². The fourth-order valence-electron chi connectivity index (χ4n) is 14.5. The summed E-state index contributed by atoms with van der Waals surface area (Å²) in [7, 11) is 1.65. The number of piperazine rings is 3. The number of hydrazone groups is 4. The van der Waals surface area contributed by atoms with E-state index in [4.69, 9.17) is 0 Å². The predicted octanol–water partition coefficient (Wildman–Crippen LogP) is 11.9. The van der Waals surface area contributed by atoms with Crippen LogP contribution in [-0.2, 0) is 77.3 Å². The Bertz CT molecular complexity index is 4750. The Kier molecular flexibility index (Phi) is 38.9. The van der Waals surface area contributed by atoms with E-state index in [1.807, 2.05) is 72.8 Å². The molecule has 7 N–H and O–H groups in total. The van der Waals surface area contributed by atoms with E-state index in [1.54, 1.807) is 61.7 Å². The lowest BCUT2D eigenvalue weighted by Gasteiger charge is -2.34. The average molecular weight is 1640 g/mol. The Balaban J connectivity index is 0.000000183. The molecule has 0 bridgehead atoms. The highest BCUT2D eigenvalue weighted by Gasteiger charge is 2.25. The minimum Gasteiger partial charge on any atom is -0.507 e. The minimum atomic E-state index is -0.225. The topological polar surface area (TPSA) is 261 Å². The summed E-state index contributed by atoms with van der Waals surface area (Å²) >= 11 is 0. The Morgan fingerprint density at radius 1 is 0.372 bits per heavy atom. The SMILES string of the molecule is C=CCc1cc(/C=N/NC(=O)CN2CCN(Cc3ccccc3)CC2)c(O)c(CC=C)c1.C=CCc1cccc(/C=N/N(C)C(=O)CN2CCN(Cc3ccccc3)CC2)c1O.C=CCc1cccc(/C=N/NC(=O)CN2CCC(Cc3ccccc3)CC2)c1O.C=CCc1cccc(/C=N/NC(=O)CN2CCN(Cc3ccc(F)cc3)CC2)c1O. The maximum absolute atomic E-state index is 13.0. The molecule has 4 heterocycles. The third-order valence-electron chi connectivity index (χ3n) is 21.2. The van der Waals surface area contributed by atoms with Crippen LogP contribution in [0.25, 0.3) is 0 Å². The molecule has 0 aliphatic carbocycles. The second-order valence-electron chi connectivity index (χ2n) is 30.4. The highest BCUT2D eigenvalue weighted by Crippen LogP contribution is 2.28. The quantitative estimate of drug-likeness (QED) is 0.0112. The summed E-state index contributed by atoms with van der Waals surface area (Å²) in [5.74, 6) is 0.553. The van der Waals surface area contributed by atoms with Crippen molar-refractivity contribution in [2.24, 2.45) is 26.3 Å². The number of likely N-dealkylation sites (tertiary alicyclic amines) is 1. The molecule has 4 fully saturated rings. The summed E-state index contributed by atoms with van der Waals surface area (Å²) in [6, 6.07) is 58.1. The molecule has 4 saturated heterocycles. The number of rotatable bonds is 34. The maximum Gasteiger partial charge on any atom is 0.256 e. The van der Waals surface area contributed by atoms with Crippen LogP contribution in [0.1, 0.15) is 85.2 Å². The van der Waals surface area contributed by atoms with Crippen molar-refractivity contribution in [2.45, 2.75) is 71.0 Å². The number of likely N-dealkylation sites (N-methyl/N-ethyl adjacent to an activating group) is 1. The summed E-state index contributed by atoms with van der Waals surface area (Å²) in [4.78, 5) is 64.9. The van der Waals surface area contributed by atoms with Crippen LogP contribution >= 0.6 is 0 Å². The molecule has 8 aromatic rings. The van der Waals surface area contributed by atoms with Crippen LogP contribution in [-0.4, -0.2) is 233 Å². The summed E-state index contributed by atoms with van der Waals surface area (Å²) < 4.78 is 13.0. The Labute approximate surface area is 712 Å². The fraction of sp³-hybridized carbons (Fsp3) is 0.320. The highest BCUT2D eigenvalue weighted by atomic mass is 19.1. The number of para-hydroxylation sites is 3. The van der Waals surface area contributed by atoms with Gasteiger partial charge in [0.2, 0.25) is 0 Å². The van der Waals surface area contributed by atoms with Crippen LogP contribution < -0.4 is 16.3 Å². The lowest BCUT2D eigenvalue weighted by Crippen LogP contribution is -2.48. The molecule has 12 rings (SSSR count). The normalized spacial score (nSPS) is 15.3. The van der Waals surface area contributed by atoms with E-state index in [0.29, 0.717) is 79.9 Å². The van der Waals surface area contributed by atoms with Crippen molar-refractivity contribution >= 4 is 48.5 Å². The van der Waals surface area contributed by atoms with Gasteiger partial charge in [-0.25, -0.2) is 25.7 Å². The molecule has 24 heteroatoms. The van der Waals surface area contributed by atoms with Gasteiger partial charge in [0.1, 0.15) is 28.8 Å². The Morgan fingerprint density at radius 2 is 0.702 bits per heavy atom. The van der Waals surface area contributed by atoms with Gasteiger partial charge in [0.15, 0.2) is 0 Å². The number of nitrogens with zero attached hydrogens (tertiary/aromatic N) is 12. The van der Waals surface area contributed by atoms with E-state index in [1.165, 1.54) is 58.7 Å². The number of nitrogens with one attached hydrogen (secondary N) is 3. The van der Waals surface area contributed by atoms with Crippen molar-refractivity contribution < 1.29 is 44.0 Å². The number of halogens is 1. The highest BCUT2D eigenvalue weighted by molar-refractivity contribution is 5.89. The van der Waals surface area contributed by atoms with E-state index in [2.05, 4.69) is 177 Å². The van der Waals surface area contributed by atoms with Gasteiger partial charge < -0.3 is 20.4 Å². The Morgan fingerprint density at radius 3 is 1.10 bits per heavy atom. The molecular formula is C97H118FN15O8. The zero-order chi connectivity index (χ0) is 85.9. The summed E-state index contributed by atoms with van der Waals surface area (Å²) in [5.41, 5.74) is 19.2. The largest absolute Gasteiger partial charge is 0.507 e. The summed E-state index contributed by atoms with van der Waals surface area (Å²) in [5, 5.41) is 58.8. The van der Waals surface area contributed by atoms with Gasteiger partial charge in [0.05, 0.1) is 51.0 Å². The summed E-state index contributed by atoms with van der Waals surface area (Å²) in [6.07, 6.45) is 21.0.